The van der Waals surface area contributed by atoms with Crippen LogP contribution in [0.1, 0.15) is 0 Å². The SMILES string of the molecule is N#C[Se]c1ccsc1. The Hall–Kier alpha value is -0.291. The molecule has 0 unspecified atom stereocenters. The molecule has 0 N–H and O–H groups in total. The van der Waals surface area contributed by atoms with Gasteiger partial charge < -0.3 is 0 Å². The quantitative estimate of drug-likeness (QED) is 0.590. The first kappa shape index (κ1) is 5.84. The van der Waals surface area contributed by atoms with Crippen molar-refractivity contribution in [2.75, 3.05) is 0 Å². The standard InChI is InChI=1S/C5H3NSSe/c6-4-8-5-1-2-7-3-5/h1-3H. The summed E-state index contributed by atoms with van der Waals surface area (Å²) in [5.41, 5.74) is 0. The fourth-order valence-corrected chi connectivity index (χ4v) is 2.28. The van der Waals surface area contributed by atoms with Crippen LogP contribution in [0, 0.1) is 10.2 Å². The van der Waals surface area contributed by atoms with Crippen LogP contribution >= 0.6 is 11.3 Å². The summed E-state index contributed by atoms with van der Waals surface area (Å²) in [5, 5.41) is 12.2. The van der Waals surface area contributed by atoms with E-state index in [4.69, 9.17) is 5.26 Å². The van der Waals surface area contributed by atoms with Gasteiger partial charge in [0, 0.05) is 0 Å². The van der Waals surface area contributed by atoms with Gasteiger partial charge >= 0.3 is 57.8 Å². The van der Waals surface area contributed by atoms with Crippen LogP contribution in [0.4, 0.5) is 0 Å². The average molecular weight is 188 g/mol. The molecule has 0 amide bonds. The molecule has 3 heteroatoms. The second-order valence-electron chi connectivity index (χ2n) is 1.15. The molecule has 0 atom stereocenters. The van der Waals surface area contributed by atoms with Crippen molar-refractivity contribution >= 4 is 30.8 Å². The zero-order chi connectivity index (χ0) is 5.82. The Morgan fingerprint density at radius 2 is 2.62 bits per heavy atom. The minimum atomic E-state index is 0.0556. The Morgan fingerprint density at radius 1 is 1.75 bits per heavy atom. The van der Waals surface area contributed by atoms with E-state index < -0.39 is 0 Å². The fourth-order valence-electron chi connectivity index (χ4n) is 0.363. The predicted molar refractivity (Wildman–Crippen MR) is 35.3 cm³/mol. The van der Waals surface area contributed by atoms with Crippen molar-refractivity contribution < 1.29 is 0 Å². The van der Waals surface area contributed by atoms with E-state index >= 15 is 0 Å². The fraction of sp³-hybridized carbons (Fsp3) is 0. The summed E-state index contributed by atoms with van der Waals surface area (Å²) in [6.45, 7) is 0. The van der Waals surface area contributed by atoms with E-state index in [1.165, 1.54) is 4.46 Å². The molecule has 1 rings (SSSR count). The van der Waals surface area contributed by atoms with Gasteiger partial charge in [-0.15, -0.1) is 0 Å². The van der Waals surface area contributed by atoms with Gasteiger partial charge in [-0.3, -0.25) is 0 Å². The van der Waals surface area contributed by atoms with Crippen LogP contribution in [0.25, 0.3) is 0 Å². The van der Waals surface area contributed by atoms with Gasteiger partial charge in [-0.05, 0) is 0 Å². The predicted octanol–water partition coefficient (Wildman–Crippen LogP) is 0.559. The molecule has 1 aromatic rings. The zero-order valence-corrected chi connectivity index (χ0v) is 6.53. The minimum absolute atomic E-state index is 0.0556. The molecule has 0 aromatic carbocycles. The van der Waals surface area contributed by atoms with Gasteiger partial charge in [0.1, 0.15) is 0 Å². The van der Waals surface area contributed by atoms with E-state index in [0.29, 0.717) is 0 Å². The normalized spacial score (nSPS) is 8.38. The van der Waals surface area contributed by atoms with E-state index in [1.807, 2.05) is 16.8 Å². The summed E-state index contributed by atoms with van der Waals surface area (Å²) < 4.78 is 1.19. The molecule has 0 spiro atoms. The summed E-state index contributed by atoms with van der Waals surface area (Å²) in [5.74, 6) is 0. The van der Waals surface area contributed by atoms with Crippen LogP contribution in [0.15, 0.2) is 16.8 Å². The van der Waals surface area contributed by atoms with Gasteiger partial charge in [-0.2, -0.15) is 0 Å². The molecule has 1 nitrogen and oxygen atoms in total. The van der Waals surface area contributed by atoms with Gasteiger partial charge in [0.15, 0.2) is 0 Å². The summed E-state index contributed by atoms with van der Waals surface area (Å²) in [7, 11) is 0. The van der Waals surface area contributed by atoms with Crippen LogP contribution in [-0.2, 0) is 0 Å². The average Bonchev–Trinajstić information content (AvgIpc) is 2.19. The van der Waals surface area contributed by atoms with Gasteiger partial charge in [0.2, 0.25) is 0 Å². The molecular weight excluding hydrogens is 185 g/mol. The molecule has 1 aromatic heterocycles. The maximum atomic E-state index is 8.22. The van der Waals surface area contributed by atoms with Crippen molar-refractivity contribution in [3.63, 3.8) is 0 Å². The van der Waals surface area contributed by atoms with Crippen LogP contribution in [0.3, 0.4) is 0 Å². The van der Waals surface area contributed by atoms with Gasteiger partial charge in [0.25, 0.3) is 0 Å². The Bertz CT molecular complexity index is 187. The monoisotopic (exact) mass is 189 g/mol. The van der Waals surface area contributed by atoms with Gasteiger partial charge in [0.05, 0.1) is 0 Å². The number of hydrogen-bond donors (Lipinski definition) is 0. The number of thiophene rings is 1. The summed E-state index contributed by atoms with van der Waals surface area (Å²) in [4.78, 5) is 2.14. The van der Waals surface area contributed by atoms with Crippen LogP contribution in [0.5, 0.6) is 0 Å². The van der Waals surface area contributed by atoms with Crippen LogP contribution in [0.2, 0.25) is 0 Å². The zero-order valence-electron chi connectivity index (χ0n) is 4.00. The molecule has 0 saturated heterocycles. The van der Waals surface area contributed by atoms with Crippen molar-refractivity contribution in [2.45, 2.75) is 0 Å². The van der Waals surface area contributed by atoms with Crippen LogP contribution < -0.4 is 4.46 Å². The van der Waals surface area contributed by atoms with Crippen molar-refractivity contribution in [3.8, 4) is 4.97 Å². The molecule has 0 fully saturated rings. The van der Waals surface area contributed by atoms with E-state index in [2.05, 4.69) is 4.97 Å². The molecule has 40 valence electrons. The first-order chi connectivity index (χ1) is 3.93. The van der Waals surface area contributed by atoms with Gasteiger partial charge in [-0.25, -0.2) is 0 Å². The third-order valence-corrected chi connectivity index (χ3v) is 2.90. The van der Waals surface area contributed by atoms with E-state index in [-0.39, 0.29) is 15.0 Å². The van der Waals surface area contributed by atoms with Crippen molar-refractivity contribution in [3.05, 3.63) is 16.8 Å². The number of hydrogen-bond acceptors (Lipinski definition) is 2. The van der Waals surface area contributed by atoms with E-state index in [0.717, 1.165) is 0 Å². The summed E-state index contributed by atoms with van der Waals surface area (Å²) in [6.07, 6.45) is 0. The Labute approximate surface area is 58.1 Å². The molecule has 0 bridgehead atoms. The second kappa shape index (κ2) is 2.88. The molecule has 0 aliphatic rings. The summed E-state index contributed by atoms with van der Waals surface area (Å²) >= 11 is 1.70. The van der Waals surface area contributed by atoms with Crippen LogP contribution in [-0.4, -0.2) is 15.0 Å². The van der Waals surface area contributed by atoms with Crippen molar-refractivity contribution in [1.82, 2.24) is 0 Å². The number of nitrogens with zero attached hydrogens (tertiary/aromatic N) is 1. The molecule has 0 aliphatic heterocycles. The summed E-state index contributed by atoms with van der Waals surface area (Å²) in [6, 6.07) is 1.99. The molecule has 1 heterocycles. The van der Waals surface area contributed by atoms with E-state index in [1.54, 1.807) is 11.3 Å². The first-order valence-corrected chi connectivity index (χ1v) is 4.67. The Kier molecular flexibility index (Phi) is 2.10. The molecule has 8 heavy (non-hydrogen) atoms. The Balaban J connectivity index is 2.67. The third-order valence-electron chi connectivity index (χ3n) is 0.659. The number of nitriles is 1. The van der Waals surface area contributed by atoms with Crippen molar-refractivity contribution in [1.29, 1.82) is 5.26 Å². The topological polar surface area (TPSA) is 23.8 Å². The van der Waals surface area contributed by atoms with Gasteiger partial charge in [-0.1, -0.05) is 0 Å². The van der Waals surface area contributed by atoms with Crippen molar-refractivity contribution in [2.24, 2.45) is 0 Å². The second-order valence-corrected chi connectivity index (χ2v) is 3.73. The molecule has 0 aliphatic carbocycles. The molecule has 0 radical (unpaired) electrons. The number of rotatable bonds is 1. The third kappa shape index (κ3) is 1.34. The Morgan fingerprint density at radius 3 is 3.12 bits per heavy atom. The molecular formula is C5H3NSSe. The molecule has 0 saturated carbocycles. The maximum absolute atomic E-state index is 8.22. The van der Waals surface area contributed by atoms with E-state index in [9.17, 15) is 0 Å². The first-order valence-electron chi connectivity index (χ1n) is 2.01.